The number of nitro benzene ring substituents is 2. The lowest BCUT2D eigenvalue weighted by Crippen LogP contribution is -2.95. The number of carboxylic acid groups (broad SMARTS) is 1. The zero-order valence-corrected chi connectivity index (χ0v) is 20.6. The molecule has 2 fully saturated rings. The third-order valence-electron chi connectivity index (χ3n) is 6.46. The van der Waals surface area contributed by atoms with Gasteiger partial charge >= 0.3 is 0 Å². The minimum absolute atomic E-state index is 0.0964. The van der Waals surface area contributed by atoms with E-state index in [1.165, 1.54) is 76.0 Å². The van der Waals surface area contributed by atoms with Crippen molar-refractivity contribution in [2.24, 2.45) is 0 Å². The molecule has 0 amide bonds. The maximum absolute atomic E-state index is 11.0. The van der Waals surface area contributed by atoms with Gasteiger partial charge in [-0.15, -0.1) is 0 Å². The number of benzene rings is 1. The minimum atomic E-state index is -1.39. The monoisotopic (exact) mass is 496 g/mol. The Morgan fingerprint density at radius 3 is 2.03 bits per heavy atom. The van der Waals surface area contributed by atoms with Crippen molar-refractivity contribution in [2.75, 3.05) is 17.3 Å². The van der Waals surface area contributed by atoms with Gasteiger partial charge in [-0.2, -0.15) is 11.8 Å². The van der Waals surface area contributed by atoms with Crippen LogP contribution in [-0.2, 0) is 4.79 Å². The van der Waals surface area contributed by atoms with Crippen LogP contribution in [0, 0.1) is 20.2 Å². The molecule has 3 N–H and O–H groups in total. The van der Waals surface area contributed by atoms with Gasteiger partial charge < -0.3 is 20.5 Å². The van der Waals surface area contributed by atoms with Gasteiger partial charge in [0.25, 0.3) is 11.4 Å². The topological polar surface area (TPSA) is 155 Å². The zero-order chi connectivity index (χ0) is 24.9. The van der Waals surface area contributed by atoms with Gasteiger partial charge in [-0.25, -0.2) is 0 Å². The molecule has 0 bridgehead atoms. The molecule has 190 valence electrons. The number of hydrogen-bond donors (Lipinski definition) is 2. The van der Waals surface area contributed by atoms with E-state index < -0.39 is 33.2 Å². The maximum Gasteiger partial charge on any atom is 0.299 e. The van der Waals surface area contributed by atoms with Gasteiger partial charge in [-0.3, -0.25) is 20.2 Å². The van der Waals surface area contributed by atoms with E-state index in [1.807, 2.05) is 0 Å². The molecular formula is C23H36N4O6S. The summed E-state index contributed by atoms with van der Waals surface area (Å²) in [5.74, 6) is -0.872. The summed E-state index contributed by atoms with van der Waals surface area (Å²) in [6.45, 7) is 0. The van der Waals surface area contributed by atoms with E-state index in [9.17, 15) is 30.1 Å². The molecule has 2 saturated carbocycles. The number of quaternary nitrogens is 1. The Hall–Kier alpha value is -2.40. The van der Waals surface area contributed by atoms with E-state index in [0.717, 1.165) is 30.3 Å². The highest BCUT2D eigenvalue weighted by Gasteiger charge is 2.23. The van der Waals surface area contributed by atoms with Gasteiger partial charge in [-0.1, -0.05) is 12.8 Å². The summed E-state index contributed by atoms with van der Waals surface area (Å²) in [5.41, 5.74) is -1.10. The molecule has 1 unspecified atom stereocenters. The van der Waals surface area contributed by atoms with Crippen molar-refractivity contribution < 1.29 is 25.1 Å². The lowest BCUT2D eigenvalue weighted by molar-refractivity contribution is -0.725. The SMILES string of the molecule is C1CCC([NH2+]C2CCCCC2)CC1.CSCCC(Nc1ccc([N+](=O)[O-])cc1[N+](=O)[O-])C(=O)[O-]. The quantitative estimate of drug-likeness (QED) is 0.370. The van der Waals surface area contributed by atoms with E-state index in [4.69, 9.17) is 0 Å². The smallest absolute Gasteiger partial charge is 0.299 e. The first kappa shape index (κ1) is 27.8. The Labute approximate surface area is 204 Å². The predicted molar refractivity (Wildman–Crippen MR) is 131 cm³/mol. The number of nitrogens with zero attached hydrogens (tertiary/aromatic N) is 2. The fraction of sp³-hybridized carbons (Fsp3) is 0.696. The first-order valence-electron chi connectivity index (χ1n) is 12.1. The maximum atomic E-state index is 11.0. The molecule has 34 heavy (non-hydrogen) atoms. The number of rotatable bonds is 10. The molecule has 0 spiro atoms. The van der Waals surface area contributed by atoms with Crippen molar-refractivity contribution in [3.8, 4) is 0 Å². The van der Waals surface area contributed by atoms with E-state index in [0.29, 0.717) is 5.75 Å². The van der Waals surface area contributed by atoms with Crippen LogP contribution in [0.4, 0.5) is 17.1 Å². The Bertz CT molecular complexity index is 797. The molecule has 0 radical (unpaired) electrons. The van der Waals surface area contributed by atoms with Crippen molar-refractivity contribution in [1.29, 1.82) is 0 Å². The van der Waals surface area contributed by atoms with Crippen LogP contribution in [0.1, 0.15) is 70.6 Å². The van der Waals surface area contributed by atoms with Gasteiger partial charge in [0.15, 0.2) is 0 Å². The second kappa shape index (κ2) is 14.8. The minimum Gasteiger partial charge on any atom is -0.548 e. The van der Waals surface area contributed by atoms with Crippen molar-refractivity contribution >= 4 is 34.8 Å². The molecule has 1 atom stereocenters. The molecule has 1 aromatic rings. The van der Waals surface area contributed by atoms with Crippen LogP contribution >= 0.6 is 11.8 Å². The number of aliphatic carboxylic acids is 1. The highest BCUT2D eigenvalue weighted by atomic mass is 32.2. The van der Waals surface area contributed by atoms with Crippen molar-refractivity contribution in [3.05, 3.63) is 38.4 Å². The lowest BCUT2D eigenvalue weighted by atomic mass is 9.91. The molecule has 0 saturated heterocycles. The number of nitro groups is 2. The van der Waals surface area contributed by atoms with E-state index in [2.05, 4.69) is 10.6 Å². The van der Waals surface area contributed by atoms with Gasteiger partial charge in [-0.05, 0) is 75.9 Å². The summed E-state index contributed by atoms with van der Waals surface area (Å²) in [6.07, 6.45) is 17.0. The number of carboxylic acids is 1. The van der Waals surface area contributed by atoms with E-state index >= 15 is 0 Å². The molecule has 0 aliphatic heterocycles. The number of carbonyl (C=O) groups excluding carboxylic acids is 1. The Morgan fingerprint density at radius 2 is 1.59 bits per heavy atom. The summed E-state index contributed by atoms with van der Waals surface area (Å²) >= 11 is 1.42. The predicted octanol–water partition coefficient (Wildman–Crippen LogP) is 3.00. The molecule has 10 nitrogen and oxygen atoms in total. The fourth-order valence-corrected chi connectivity index (χ4v) is 5.09. The second-order valence-electron chi connectivity index (χ2n) is 9.00. The standard InChI is InChI=1S/C12H23N.C11H13N3O6S/c1-3-7-11(8-4-1)13-12-9-5-2-6-10-12;1-21-5-4-9(11(15)16)12-8-3-2-7(13(17)18)6-10(8)14(19)20/h11-13H,1-10H2;2-3,6,9,12H,4-5H2,1H3,(H,15,16). The number of nitrogens with one attached hydrogen (secondary N) is 1. The van der Waals surface area contributed by atoms with E-state index in [1.54, 1.807) is 6.26 Å². The van der Waals surface area contributed by atoms with Crippen molar-refractivity contribution in [3.63, 3.8) is 0 Å². The van der Waals surface area contributed by atoms with Gasteiger partial charge in [0.1, 0.15) is 5.69 Å². The molecule has 2 aliphatic rings. The molecule has 1 aromatic carbocycles. The highest BCUT2D eigenvalue weighted by Crippen LogP contribution is 2.29. The third-order valence-corrected chi connectivity index (χ3v) is 7.10. The van der Waals surface area contributed by atoms with Crippen LogP contribution in [0.2, 0.25) is 0 Å². The summed E-state index contributed by atoms with van der Waals surface area (Å²) in [5, 5.41) is 37.8. The largest absolute Gasteiger partial charge is 0.548 e. The van der Waals surface area contributed by atoms with E-state index in [-0.39, 0.29) is 12.1 Å². The summed E-state index contributed by atoms with van der Waals surface area (Å²) < 4.78 is 0. The van der Waals surface area contributed by atoms with Crippen molar-refractivity contribution in [2.45, 2.75) is 88.8 Å². The number of thioether (sulfide) groups is 1. The number of hydrogen-bond acceptors (Lipinski definition) is 8. The first-order valence-corrected chi connectivity index (χ1v) is 13.4. The Kier molecular flexibility index (Phi) is 12.1. The lowest BCUT2D eigenvalue weighted by Gasteiger charge is -2.27. The molecular weight excluding hydrogens is 460 g/mol. The van der Waals surface area contributed by atoms with Gasteiger partial charge in [0, 0.05) is 6.07 Å². The van der Waals surface area contributed by atoms with Crippen molar-refractivity contribution in [1.82, 2.24) is 0 Å². The average molecular weight is 497 g/mol. The Balaban J connectivity index is 0.000000266. The molecule has 11 heteroatoms. The van der Waals surface area contributed by atoms with Crippen LogP contribution in [0.5, 0.6) is 0 Å². The number of carbonyl (C=O) groups is 1. The third kappa shape index (κ3) is 9.46. The first-order chi connectivity index (χ1) is 16.3. The van der Waals surface area contributed by atoms with Crippen LogP contribution in [-0.4, -0.2) is 46.0 Å². The normalized spacial score (nSPS) is 17.8. The van der Waals surface area contributed by atoms with Crippen LogP contribution < -0.4 is 15.7 Å². The average Bonchev–Trinajstić information content (AvgIpc) is 2.83. The van der Waals surface area contributed by atoms with Crippen LogP contribution in [0.25, 0.3) is 0 Å². The highest BCUT2D eigenvalue weighted by molar-refractivity contribution is 7.98. The van der Waals surface area contributed by atoms with Crippen LogP contribution in [0.3, 0.4) is 0 Å². The number of nitrogens with two attached hydrogens (primary N) is 1. The number of non-ortho nitro benzene ring substituents is 1. The number of anilines is 1. The zero-order valence-electron chi connectivity index (χ0n) is 19.8. The van der Waals surface area contributed by atoms with Gasteiger partial charge in [0.2, 0.25) is 0 Å². The fourth-order valence-electron chi connectivity index (χ4n) is 4.62. The molecule has 0 heterocycles. The summed E-state index contributed by atoms with van der Waals surface area (Å²) in [6, 6.07) is 3.84. The summed E-state index contributed by atoms with van der Waals surface area (Å²) in [4.78, 5) is 31.0. The Morgan fingerprint density at radius 1 is 1.03 bits per heavy atom. The second-order valence-corrected chi connectivity index (χ2v) is 9.99. The summed E-state index contributed by atoms with van der Waals surface area (Å²) in [7, 11) is 0. The molecule has 2 aliphatic carbocycles. The molecule has 0 aromatic heterocycles. The van der Waals surface area contributed by atoms with Crippen LogP contribution in [0.15, 0.2) is 18.2 Å². The molecule has 3 rings (SSSR count). The van der Waals surface area contributed by atoms with Gasteiger partial charge in [0.05, 0.1) is 40.0 Å².